The summed E-state index contributed by atoms with van der Waals surface area (Å²) >= 11 is 1.11. The first-order chi connectivity index (χ1) is 10.9. The van der Waals surface area contributed by atoms with Crippen LogP contribution in [0.2, 0.25) is 0 Å². The zero-order valence-corrected chi connectivity index (χ0v) is 12.6. The number of nitrogens with one attached hydrogen (secondary N) is 1. The van der Waals surface area contributed by atoms with E-state index in [1.807, 2.05) is 0 Å². The average Bonchev–Trinajstić information content (AvgIpc) is 2.96. The van der Waals surface area contributed by atoms with E-state index < -0.39 is 11.7 Å². The van der Waals surface area contributed by atoms with Gasteiger partial charge in [0, 0.05) is 18.0 Å². The van der Waals surface area contributed by atoms with Crippen molar-refractivity contribution in [1.29, 1.82) is 0 Å². The van der Waals surface area contributed by atoms with Crippen LogP contribution in [0.25, 0.3) is 21.5 Å². The second-order valence-corrected chi connectivity index (χ2v) is 5.74. The Bertz CT molecular complexity index is 889. The SMILES string of the molecule is CNc1nc(-c2ccccc2C(F)(F)F)c2cc(C=O)sc2n1. The third-order valence-electron chi connectivity index (χ3n) is 3.24. The van der Waals surface area contributed by atoms with Gasteiger partial charge in [0.2, 0.25) is 5.95 Å². The molecule has 2 aromatic heterocycles. The van der Waals surface area contributed by atoms with Crippen LogP contribution in [0.3, 0.4) is 0 Å². The maximum Gasteiger partial charge on any atom is 0.417 e. The zero-order valence-electron chi connectivity index (χ0n) is 11.8. The molecule has 0 aliphatic heterocycles. The minimum Gasteiger partial charge on any atom is -0.357 e. The topological polar surface area (TPSA) is 54.9 Å². The highest BCUT2D eigenvalue weighted by molar-refractivity contribution is 7.20. The second-order valence-electron chi connectivity index (χ2n) is 4.67. The summed E-state index contributed by atoms with van der Waals surface area (Å²) < 4.78 is 39.8. The number of thiophene rings is 1. The lowest BCUT2D eigenvalue weighted by atomic mass is 10.0. The van der Waals surface area contributed by atoms with Gasteiger partial charge in [0.05, 0.1) is 16.1 Å². The normalized spacial score (nSPS) is 11.7. The molecule has 0 aliphatic rings. The van der Waals surface area contributed by atoms with Crippen LogP contribution in [0, 0.1) is 0 Å². The Morgan fingerprint density at radius 2 is 1.96 bits per heavy atom. The number of rotatable bonds is 3. The molecule has 4 nitrogen and oxygen atoms in total. The summed E-state index contributed by atoms with van der Waals surface area (Å²) in [6.45, 7) is 0. The first kappa shape index (κ1) is 15.4. The van der Waals surface area contributed by atoms with Gasteiger partial charge >= 0.3 is 6.18 Å². The van der Waals surface area contributed by atoms with Gasteiger partial charge in [-0.15, -0.1) is 11.3 Å². The van der Waals surface area contributed by atoms with E-state index in [9.17, 15) is 18.0 Å². The molecule has 3 aromatic rings. The van der Waals surface area contributed by atoms with Crippen LogP contribution in [-0.4, -0.2) is 23.3 Å². The molecular weight excluding hydrogens is 327 g/mol. The number of alkyl halides is 3. The van der Waals surface area contributed by atoms with Crippen molar-refractivity contribution in [1.82, 2.24) is 9.97 Å². The highest BCUT2D eigenvalue weighted by Crippen LogP contribution is 2.40. The number of hydrogen-bond acceptors (Lipinski definition) is 5. The molecule has 0 spiro atoms. The van der Waals surface area contributed by atoms with Crippen LogP contribution in [0.1, 0.15) is 15.2 Å². The Hall–Kier alpha value is -2.48. The summed E-state index contributed by atoms with van der Waals surface area (Å²) in [6, 6.07) is 6.73. The van der Waals surface area contributed by atoms with E-state index in [1.165, 1.54) is 24.3 Å². The molecular formula is C15H10F3N3OS. The Kier molecular flexibility index (Phi) is 3.77. The fourth-order valence-corrected chi connectivity index (χ4v) is 3.10. The Labute approximate surface area is 133 Å². The number of aromatic nitrogens is 2. The van der Waals surface area contributed by atoms with Crippen molar-refractivity contribution in [3.63, 3.8) is 0 Å². The number of fused-ring (bicyclic) bond motifs is 1. The lowest BCUT2D eigenvalue weighted by molar-refractivity contribution is -0.137. The fraction of sp³-hybridized carbons (Fsp3) is 0.133. The van der Waals surface area contributed by atoms with E-state index >= 15 is 0 Å². The maximum absolute atomic E-state index is 13.3. The van der Waals surface area contributed by atoms with Crippen molar-refractivity contribution >= 4 is 33.8 Å². The van der Waals surface area contributed by atoms with E-state index in [4.69, 9.17) is 0 Å². The molecule has 0 aliphatic carbocycles. The van der Waals surface area contributed by atoms with Crippen molar-refractivity contribution in [3.8, 4) is 11.3 Å². The number of aldehydes is 1. The summed E-state index contributed by atoms with van der Waals surface area (Å²) in [5, 5.41) is 3.15. The van der Waals surface area contributed by atoms with Gasteiger partial charge in [0.15, 0.2) is 6.29 Å². The molecule has 0 bridgehead atoms. The Balaban J connectivity index is 2.36. The third-order valence-corrected chi connectivity index (χ3v) is 4.19. The predicted octanol–water partition coefficient (Wildman–Crippen LogP) is 4.23. The molecule has 8 heteroatoms. The smallest absolute Gasteiger partial charge is 0.357 e. The second kappa shape index (κ2) is 5.62. The molecule has 0 atom stereocenters. The van der Waals surface area contributed by atoms with Crippen LogP contribution < -0.4 is 5.32 Å². The van der Waals surface area contributed by atoms with Gasteiger partial charge in [-0.2, -0.15) is 13.2 Å². The number of nitrogens with zero attached hydrogens (tertiary/aromatic N) is 2. The minimum absolute atomic E-state index is 0.0425. The summed E-state index contributed by atoms with van der Waals surface area (Å²) in [6.07, 6.45) is -3.86. The van der Waals surface area contributed by atoms with Gasteiger partial charge < -0.3 is 5.32 Å². The van der Waals surface area contributed by atoms with Crippen LogP contribution in [0.15, 0.2) is 30.3 Å². The molecule has 2 heterocycles. The van der Waals surface area contributed by atoms with Gasteiger partial charge in [-0.25, -0.2) is 9.97 Å². The van der Waals surface area contributed by atoms with Gasteiger partial charge in [-0.1, -0.05) is 18.2 Å². The van der Waals surface area contributed by atoms with Crippen molar-refractivity contribution in [2.24, 2.45) is 0 Å². The van der Waals surface area contributed by atoms with Crippen LogP contribution in [0.4, 0.5) is 19.1 Å². The molecule has 0 saturated heterocycles. The Morgan fingerprint density at radius 3 is 2.61 bits per heavy atom. The molecule has 0 amide bonds. The van der Waals surface area contributed by atoms with E-state index in [1.54, 1.807) is 7.05 Å². The van der Waals surface area contributed by atoms with E-state index in [0.717, 1.165) is 17.4 Å². The predicted molar refractivity (Wildman–Crippen MR) is 82.8 cm³/mol. The summed E-state index contributed by atoms with van der Waals surface area (Å²) in [7, 11) is 1.58. The average molecular weight is 337 g/mol. The molecule has 118 valence electrons. The maximum atomic E-state index is 13.3. The Morgan fingerprint density at radius 1 is 1.22 bits per heavy atom. The molecule has 0 fully saturated rings. The van der Waals surface area contributed by atoms with Crippen molar-refractivity contribution in [2.45, 2.75) is 6.18 Å². The molecule has 3 rings (SSSR count). The van der Waals surface area contributed by atoms with Gasteiger partial charge in [0.25, 0.3) is 0 Å². The molecule has 23 heavy (non-hydrogen) atoms. The molecule has 0 saturated carbocycles. The first-order valence-electron chi connectivity index (χ1n) is 6.55. The third kappa shape index (κ3) is 2.77. The van der Waals surface area contributed by atoms with Crippen molar-refractivity contribution in [3.05, 3.63) is 40.8 Å². The molecule has 0 unspecified atom stereocenters. The fourth-order valence-electron chi connectivity index (χ4n) is 2.25. The number of hydrogen-bond donors (Lipinski definition) is 1. The number of carbonyl (C=O) groups excluding carboxylic acids is 1. The zero-order chi connectivity index (χ0) is 16.6. The van der Waals surface area contributed by atoms with Crippen LogP contribution in [-0.2, 0) is 6.18 Å². The van der Waals surface area contributed by atoms with Crippen LogP contribution >= 0.6 is 11.3 Å². The van der Waals surface area contributed by atoms with E-state index in [-0.39, 0.29) is 17.2 Å². The summed E-state index contributed by atoms with van der Waals surface area (Å²) in [5.41, 5.74) is -0.670. The standard InChI is InChI=1S/C15H10F3N3OS/c1-19-14-20-12(10-6-8(7-22)23-13(10)21-14)9-4-2-3-5-11(9)15(16,17)18/h2-7H,1H3,(H,19,20,21). The van der Waals surface area contributed by atoms with Crippen molar-refractivity contribution < 1.29 is 18.0 Å². The molecule has 1 aromatic carbocycles. The number of anilines is 1. The summed E-state index contributed by atoms with van der Waals surface area (Å²) in [4.78, 5) is 20.2. The quantitative estimate of drug-likeness (QED) is 0.727. The van der Waals surface area contributed by atoms with Gasteiger partial charge in [-0.05, 0) is 12.1 Å². The van der Waals surface area contributed by atoms with Crippen molar-refractivity contribution in [2.75, 3.05) is 12.4 Å². The number of benzene rings is 1. The lowest BCUT2D eigenvalue weighted by Gasteiger charge is -2.13. The monoisotopic (exact) mass is 337 g/mol. The highest BCUT2D eigenvalue weighted by atomic mass is 32.1. The molecule has 0 radical (unpaired) electrons. The van der Waals surface area contributed by atoms with Gasteiger partial charge in [-0.3, -0.25) is 4.79 Å². The molecule has 1 N–H and O–H groups in total. The van der Waals surface area contributed by atoms with E-state index in [0.29, 0.717) is 21.4 Å². The minimum atomic E-state index is -4.50. The lowest BCUT2D eigenvalue weighted by Crippen LogP contribution is -2.08. The number of halogens is 3. The van der Waals surface area contributed by atoms with Crippen LogP contribution in [0.5, 0.6) is 0 Å². The summed E-state index contributed by atoms with van der Waals surface area (Å²) in [5.74, 6) is 0.198. The van der Waals surface area contributed by atoms with E-state index in [2.05, 4.69) is 15.3 Å². The largest absolute Gasteiger partial charge is 0.417 e. The van der Waals surface area contributed by atoms with Gasteiger partial charge in [0.1, 0.15) is 4.83 Å². The first-order valence-corrected chi connectivity index (χ1v) is 7.37. The number of carbonyl (C=O) groups is 1. The highest BCUT2D eigenvalue weighted by Gasteiger charge is 2.34.